The van der Waals surface area contributed by atoms with Crippen LogP contribution >= 0.6 is 0 Å². The van der Waals surface area contributed by atoms with E-state index in [4.69, 9.17) is 18.9 Å². The summed E-state index contributed by atoms with van der Waals surface area (Å²) >= 11 is 0. The van der Waals surface area contributed by atoms with Crippen molar-refractivity contribution in [2.45, 2.75) is 256 Å². The molecule has 346 valence electrons. The van der Waals surface area contributed by atoms with Gasteiger partial charge in [-0.3, -0.25) is 9.59 Å². The number of unbranched alkanes of at least 4 members (excludes halogenated alkanes) is 26. The highest BCUT2D eigenvalue weighted by Gasteiger charge is 2.44. The summed E-state index contributed by atoms with van der Waals surface area (Å²) in [7, 11) is 0. The number of aliphatic hydroxyl groups excluding tert-OH is 4. The number of esters is 2. The lowest BCUT2D eigenvalue weighted by Crippen LogP contribution is -2.59. The highest BCUT2D eigenvalue weighted by Crippen LogP contribution is 2.23. The Kier molecular flexibility index (Phi) is 37.7. The van der Waals surface area contributed by atoms with E-state index < -0.39 is 55.4 Å². The number of carbonyl (C=O) groups is 2. The second-order valence-electron chi connectivity index (χ2n) is 16.9. The van der Waals surface area contributed by atoms with Gasteiger partial charge in [0.25, 0.3) is 0 Å². The standard InChI is InChI=1S/C49H90O10/c1-3-5-7-9-11-13-15-17-19-21-23-25-27-29-31-33-35-37-44(51)56-40-42(41-57-49-48(55)47(54)46(53)43(39-50)59-49)58-45(52)38-36-34-32-30-28-26-24-22-20-18-16-14-12-10-8-6-4-2/h23,25,29,31,42-43,46-50,53-55H,3-22,24,26-28,30,32-41H2,1-2H3/b25-23+,31-29+/t42-,43-,46+,47?,48?,49-/m0/s1. The van der Waals surface area contributed by atoms with E-state index in [1.807, 2.05) is 0 Å². The van der Waals surface area contributed by atoms with Crippen LogP contribution in [0.15, 0.2) is 24.3 Å². The summed E-state index contributed by atoms with van der Waals surface area (Å²) in [5, 5.41) is 40.1. The number of hydrogen-bond acceptors (Lipinski definition) is 10. The van der Waals surface area contributed by atoms with E-state index in [9.17, 15) is 30.0 Å². The summed E-state index contributed by atoms with van der Waals surface area (Å²) in [4.78, 5) is 25.4. The number of ether oxygens (including phenoxy) is 4. The highest BCUT2D eigenvalue weighted by atomic mass is 16.7. The van der Waals surface area contributed by atoms with Gasteiger partial charge in [-0.15, -0.1) is 0 Å². The van der Waals surface area contributed by atoms with Crippen molar-refractivity contribution >= 4 is 11.9 Å². The van der Waals surface area contributed by atoms with E-state index in [-0.39, 0.29) is 26.1 Å². The zero-order chi connectivity index (χ0) is 43.0. The van der Waals surface area contributed by atoms with Gasteiger partial charge in [-0.05, 0) is 38.5 Å². The molecule has 6 atom stereocenters. The Hall–Kier alpha value is -1.82. The van der Waals surface area contributed by atoms with Crippen LogP contribution in [0.5, 0.6) is 0 Å². The molecule has 1 fully saturated rings. The third-order valence-corrected chi connectivity index (χ3v) is 11.3. The summed E-state index contributed by atoms with van der Waals surface area (Å²) in [6.07, 6.45) is 37.6. The molecule has 0 bridgehead atoms. The minimum Gasteiger partial charge on any atom is -0.462 e. The maximum atomic E-state index is 12.8. The van der Waals surface area contributed by atoms with Crippen molar-refractivity contribution in [2.75, 3.05) is 19.8 Å². The molecule has 0 aromatic rings. The Bertz CT molecular complexity index is 1020. The predicted octanol–water partition coefficient (Wildman–Crippen LogP) is 10.9. The van der Waals surface area contributed by atoms with Gasteiger partial charge in [0.05, 0.1) is 13.2 Å². The molecular formula is C49H90O10. The van der Waals surface area contributed by atoms with Crippen LogP contribution in [-0.4, -0.2) is 89.0 Å². The number of carbonyl (C=O) groups excluding carboxylic acids is 2. The zero-order valence-electron chi connectivity index (χ0n) is 37.8. The molecule has 0 aromatic heterocycles. The minimum absolute atomic E-state index is 0.215. The first-order valence-electron chi connectivity index (χ1n) is 24.4. The molecule has 0 amide bonds. The molecule has 0 saturated carbocycles. The SMILES string of the molecule is CCCCCCCCCCC/C=C/C/C=C/CCCC(=O)OC[C@@H](CO[C@H]1O[C@@H](CO)[C@@H](O)C(O)C1O)OC(=O)CCCCCCCCCCCCCCCCCCC. The summed E-state index contributed by atoms with van der Waals surface area (Å²) < 4.78 is 22.2. The van der Waals surface area contributed by atoms with Crippen molar-refractivity contribution in [1.82, 2.24) is 0 Å². The van der Waals surface area contributed by atoms with Gasteiger partial charge in [0.1, 0.15) is 31.0 Å². The lowest BCUT2D eigenvalue weighted by atomic mass is 9.99. The van der Waals surface area contributed by atoms with Crippen LogP contribution in [-0.2, 0) is 28.5 Å². The quantitative estimate of drug-likeness (QED) is 0.0266. The van der Waals surface area contributed by atoms with Crippen LogP contribution in [0, 0.1) is 0 Å². The van der Waals surface area contributed by atoms with Crippen molar-refractivity contribution < 1.29 is 49.0 Å². The molecule has 1 saturated heterocycles. The van der Waals surface area contributed by atoms with Gasteiger partial charge in [0.15, 0.2) is 12.4 Å². The minimum atomic E-state index is -1.60. The molecule has 10 heteroatoms. The lowest BCUT2D eigenvalue weighted by Gasteiger charge is -2.39. The molecule has 4 N–H and O–H groups in total. The molecule has 59 heavy (non-hydrogen) atoms. The van der Waals surface area contributed by atoms with Crippen LogP contribution in [0.2, 0.25) is 0 Å². The first kappa shape index (κ1) is 55.2. The van der Waals surface area contributed by atoms with E-state index in [2.05, 4.69) is 38.2 Å². The van der Waals surface area contributed by atoms with Gasteiger partial charge in [0, 0.05) is 12.8 Å². The molecule has 1 aliphatic rings. The Balaban J connectivity index is 2.31. The lowest BCUT2D eigenvalue weighted by molar-refractivity contribution is -0.305. The second kappa shape index (κ2) is 40.3. The molecule has 1 aliphatic heterocycles. The highest BCUT2D eigenvalue weighted by molar-refractivity contribution is 5.70. The van der Waals surface area contributed by atoms with E-state index >= 15 is 0 Å². The van der Waals surface area contributed by atoms with Crippen LogP contribution in [0.25, 0.3) is 0 Å². The average molecular weight is 839 g/mol. The van der Waals surface area contributed by atoms with Crippen molar-refractivity contribution in [1.29, 1.82) is 0 Å². The third kappa shape index (κ3) is 31.7. The molecule has 10 nitrogen and oxygen atoms in total. The Labute approximate surface area is 360 Å². The summed E-state index contributed by atoms with van der Waals surface area (Å²) in [6.45, 7) is 3.41. The summed E-state index contributed by atoms with van der Waals surface area (Å²) in [6, 6.07) is 0. The van der Waals surface area contributed by atoms with E-state index in [0.717, 1.165) is 38.5 Å². The Morgan fingerprint density at radius 2 is 0.966 bits per heavy atom. The van der Waals surface area contributed by atoms with Gasteiger partial charge in [-0.1, -0.05) is 192 Å². The van der Waals surface area contributed by atoms with Gasteiger partial charge in [-0.2, -0.15) is 0 Å². The topological polar surface area (TPSA) is 152 Å². The van der Waals surface area contributed by atoms with Crippen LogP contribution in [0.3, 0.4) is 0 Å². The Morgan fingerprint density at radius 3 is 1.46 bits per heavy atom. The second-order valence-corrected chi connectivity index (χ2v) is 16.9. The monoisotopic (exact) mass is 839 g/mol. The molecule has 0 spiro atoms. The van der Waals surface area contributed by atoms with Crippen molar-refractivity contribution in [3.05, 3.63) is 24.3 Å². The molecular weight excluding hydrogens is 749 g/mol. The molecule has 2 unspecified atom stereocenters. The summed E-state index contributed by atoms with van der Waals surface area (Å²) in [5.74, 6) is -0.849. The van der Waals surface area contributed by atoms with Crippen LogP contribution < -0.4 is 0 Å². The van der Waals surface area contributed by atoms with Gasteiger partial charge >= 0.3 is 11.9 Å². The largest absolute Gasteiger partial charge is 0.462 e. The summed E-state index contributed by atoms with van der Waals surface area (Å²) in [5.41, 5.74) is 0. The Morgan fingerprint density at radius 1 is 0.525 bits per heavy atom. The smallest absolute Gasteiger partial charge is 0.306 e. The predicted molar refractivity (Wildman–Crippen MR) is 238 cm³/mol. The number of aliphatic hydroxyl groups is 4. The zero-order valence-corrected chi connectivity index (χ0v) is 37.8. The van der Waals surface area contributed by atoms with Crippen molar-refractivity contribution in [3.8, 4) is 0 Å². The fraction of sp³-hybridized carbons (Fsp3) is 0.878. The fourth-order valence-electron chi connectivity index (χ4n) is 7.46. The van der Waals surface area contributed by atoms with E-state index in [0.29, 0.717) is 12.8 Å². The van der Waals surface area contributed by atoms with Crippen molar-refractivity contribution in [2.24, 2.45) is 0 Å². The van der Waals surface area contributed by atoms with Crippen molar-refractivity contribution in [3.63, 3.8) is 0 Å². The van der Waals surface area contributed by atoms with Gasteiger partial charge < -0.3 is 39.4 Å². The number of hydrogen-bond donors (Lipinski definition) is 4. The molecule has 1 heterocycles. The fourth-order valence-corrected chi connectivity index (χ4v) is 7.46. The van der Waals surface area contributed by atoms with Gasteiger partial charge in [0.2, 0.25) is 0 Å². The van der Waals surface area contributed by atoms with E-state index in [1.54, 1.807) is 0 Å². The average Bonchev–Trinajstić information content (AvgIpc) is 3.23. The first-order valence-corrected chi connectivity index (χ1v) is 24.4. The maximum absolute atomic E-state index is 12.8. The molecule has 0 aliphatic carbocycles. The van der Waals surface area contributed by atoms with E-state index in [1.165, 1.54) is 141 Å². The third-order valence-electron chi connectivity index (χ3n) is 11.3. The number of allylic oxidation sites excluding steroid dienone is 4. The molecule has 0 radical (unpaired) electrons. The van der Waals surface area contributed by atoms with Crippen LogP contribution in [0.4, 0.5) is 0 Å². The number of rotatable bonds is 41. The first-order chi connectivity index (χ1) is 28.8. The maximum Gasteiger partial charge on any atom is 0.306 e. The van der Waals surface area contributed by atoms with Crippen LogP contribution in [0.1, 0.15) is 219 Å². The van der Waals surface area contributed by atoms with Gasteiger partial charge in [-0.25, -0.2) is 0 Å². The molecule has 0 aromatic carbocycles. The molecule has 1 rings (SSSR count). The normalized spacial score (nSPS) is 20.1.